The Hall–Kier alpha value is -0.570. The molecule has 0 fully saturated rings. The zero-order chi connectivity index (χ0) is 12.7. The first-order chi connectivity index (χ1) is 8.17. The van der Waals surface area contributed by atoms with Gasteiger partial charge in [0.25, 0.3) is 0 Å². The highest BCUT2D eigenvalue weighted by molar-refractivity contribution is 9.10. The molecule has 0 spiro atoms. The van der Waals surface area contributed by atoms with Crippen LogP contribution in [0.5, 0.6) is 0 Å². The summed E-state index contributed by atoms with van der Waals surface area (Å²) in [6.45, 7) is 9.94. The molecular formula is C14H17BrClN. The van der Waals surface area contributed by atoms with Gasteiger partial charge >= 0.3 is 0 Å². The summed E-state index contributed by atoms with van der Waals surface area (Å²) in [4.78, 5) is 2.21. The maximum absolute atomic E-state index is 6.40. The molecular weight excluding hydrogens is 298 g/mol. The summed E-state index contributed by atoms with van der Waals surface area (Å²) < 4.78 is 1.07. The van der Waals surface area contributed by atoms with Gasteiger partial charge in [-0.1, -0.05) is 40.2 Å². The summed E-state index contributed by atoms with van der Waals surface area (Å²) in [7, 11) is 0. The molecule has 0 aliphatic carbocycles. The van der Waals surface area contributed by atoms with Crippen LogP contribution < -0.4 is 0 Å². The molecule has 1 nitrogen and oxygen atoms in total. The topological polar surface area (TPSA) is 3.24 Å². The van der Waals surface area contributed by atoms with Crippen LogP contribution in [0.15, 0.2) is 54.0 Å². The van der Waals surface area contributed by atoms with E-state index in [1.807, 2.05) is 36.4 Å². The third-order valence-electron chi connectivity index (χ3n) is 2.42. The van der Waals surface area contributed by atoms with Crippen molar-refractivity contribution in [3.8, 4) is 0 Å². The molecule has 1 unspecified atom stereocenters. The molecule has 0 saturated heterocycles. The van der Waals surface area contributed by atoms with Crippen molar-refractivity contribution in [2.75, 3.05) is 19.6 Å². The molecule has 1 rings (SSSR count). The van der Waals surface area contributed by atoms with Crippen LogP contribution in [0.2, 0.25) is 0 Å². The highest BCUT2D eigenvalue weighted by atomic mass is 79.9. The zero-order valence-electron chi connectivity index (χ0n) is 9.78. The molecule has 0 saturated carbocycles. The van der Waals surface area contributed by atoms with Crippen molar-refractivity contribution in [3.05, 3.63) is 59.6 Å². The van der Waals surface area contributed by atoms with E-state index in [1.54, 1.807) is 0 Å². The van der Waals surface area contributed by atoms with Crippen LogP contribution in [0.3, 0.4) is 0 Å². The van der Waals surface area contributed by atoms with Gasteiger partial charge < -0.3 is 0 Å². The quantitative estimate of drug-likeness (QED) is 0.532. The van der Waals surface area contributed by atoms with Gasteiger partial charge in [-0.05, 0) is 17.7 Å². The Labute approximate surface area is 117 Å². The SMILES string of the molecule is C=CCN(CC=C)CC(Cl)c1ccc(Br)cc1. The molecule has 0 heterocycles. The summed E-state index contributed by atoms with van der Waals surface area (Å²) in [6.07, 6.45) is 3.77. The van der Waals surface area contributed by atoms with Gasteiger partial charge in [-0.3, -0.25) is 4.90 Å². The van der Waals surface area contributed by atoms with E-state index < -0.39 is 0 Å². The van der Waals surface area contributed by atoms with E-state index >= 15 is 0 Å². The lowest BCUT2D eigenvalue weighted by molar-refractivity contribution is 0.335. The van der Waals surface area contributed by atoms with E-state index in [2.05, 4.69) is 34.0 Å². The number of rotatable bonds is 7. The molecule has 0 aliphatic heterocycles. The van der Waals surface area contributed by atoms with Crippen LogP contribution >= 0.6 is 27.5 Å². The Bertz CT molecular complexity index is 351. The second-order valence-corrected chi connectivity index (χ2v) is 5.26. The zero-order valence-corrected chi connectivity index (χ0v) is 12.1. The summed E-state index contributed by atoms with van der Waals surface area (Å²) in [5, 5.41) is -0.0111. The van der Waals surface area contributed by atoms with Crippen LogP contribution in [0, 0.1) is 0 Å². The van der Waals surface area contributed by atoms with E-state index in [-0.39, 0.29) is 5.38 Å². The number of hydrogen-bond donors (Lipinski definition) is 0. The highest BCUT2D eigenvalue weighted by Gasteiger charge is 2.11. The van der Waals surface area contributed by atoms with Gasteiger partial charge in [-0.25, -0.2) is 0 Å². The van der Waals surface area contributed by atoms with Crippen LogP contribution in [0.4, 0.5) is 0 Å². The number of nitrogens with zero attached hydrogens (tertiary/aromatic N) is 1. The van der Waals surface area contributed by atoms with Gasteiger partial charge in [0.1, 0.15) is 0 Å². The maximum Gasteiger partial charge on any atom is 0.0712 e. The van der Waals surface area contributed by atoms with E-state index in [0.29, 0.717) is 0 Å². The third kappa shape index (κ3) is 5.07. The average Bonchev–Trinajstić information content (AvgIpc) is 2.30. The lowest BCUT2D eigenvalue weighted by atomic mass is 10.1. The molecule has 1 aromatic carbocycles. The lowest BCUT2D eigenvalue weighted by Crippen LogP contribution is -2.27. The van der Waals surface area contributed by atoms with E-state index in [4.69, 9.17) is 11.6 Å². The fraction of sp³-hybridized carbons (Fsp3) is 0.286. The third-order valence-corrected chi connectivity index (χ3v) is 3.34. The molecule has 3 heteroatoms. The number of alkyl halides is 1. The Balaban J connectivity index is 2.62. The summed E-state index contributed by atoms with van der Waals surface area (Å²) >= 11 is 9.81. The number of hydrogen-bond acceptors (Lipinski definition) is 1. The van der Waals surface area contributed by atoms with Gasteiger partial charge in [0, 0.05) is 24.1 Å². The number of benzene rings is 1. The van der Waals surface area contributed by atoms with Crippen molar-refractivity contribution in [2.45, 2.75) is 5.38 Å². The average molecular weight is 315 g/mol. The Morgan fingerprint density at radius 2 is 1.71 bits per heavy atom. The molecule has 17 heavy (non-hydrogen) atoms. The molecule has 0 bridgehead atoms. The van der Waals surface area contributed by atoms with Crippen molar-refractivity contribution in [2.24, 2.45) is 0 Å². The molecule has 0 radical (unpaired) electrons. The van der Waals surface area contributed by atoms with Crippen molar-refractivity contribution in [1.82, 2.24) is 4.90 Å². The van der Waals surface area contributed by atoms with Crippen molar-refractivity contribution >= 4 is 27.5 Å². The first kappa shape index (κ1) is 14.5. The second kappa shape index (κ2) is 7.70. The smallest absolute Gasteiger partial charge is 0.0712 e. The lowest BCUT2D eigenvalue weighted by Gasteiger charge is -2.22. The summed E-state index contributed by atoms with van der Waals surface area (Å²) in [5.74, 6) is 0. The summed E-state index contributed by atoms with van der Waals surface area (Å²) in [5.41, 5.74) is 1.13. The van der Waals surface area contributed by atoms with Gasteiger partial charge in [0.15, 0.2) is 0 Å². The predicted molar refractivity (Wildman–Crippen MR) is 79.6 cm³/mol. The largest absolute Gasteiger partial charge is 0.294 e. The van der Waals surface area contributed by atoms with Crippen LogP contribution in [-0.2, 0) is 0 Å². The predicted octanol–water partition coefficient (Wildman–Crippen LogP) is 4.40. The number of halogens is 2. The Kier molecular flexibility index (Phi) is 6.56. The van der Waals surface area contributed by atoms with Crippen molar-refractivity contribution in [3.63, 3.8) is 0 Å². The first-order valence-electron chi connectivity index (χ1n) is 5.51. The van der Waals surface area contributed by atoms with Crippen molar-refractivity contribution in [1.29, 1.82) is 0 Å². The minimum Gasteiger partial charge on any atom is -0.294 e. The van der Waals surface area contributed by atoms with Crippen LogP contribution in [0.1, 0.15) is 10.9 Å². The van der Waals surface area contributed by atoms with Gasteiger partial charge in [-0.15, -0.1) is 24.8 Å². The fourth-order valence-electron chi connectivity index (χ4n) is 1.59. The van der Waals surface area contributed by atoms with Crippen LogP contribution in [-0.4, -0.2) is 24.5 Å². The van der Waals surface area contributed by atoms with Gasteiger partial charge in [0.2, 0.25) is 0 Å². The Morgan fingerprint density at radius 3 is 2.18 bits per heavy atom. The minimum absolute atomic E-state index is 0.0111. The molecule has 92 valence electrons. The van der Waals surface area contributed by atoms with Gasteiger partial charge in [0.05, 0.1) is 5.38 Å². The fourth-order valence-corrected chi connectivity index (χ4v) is 2.20. The summed E-state index contributed by atoms with van der Waals surface area (Å²) in [6, 6.07) is 8.11. The molecule has 0 amide bonds. The van der Waals surface area contributed by atoms with E-state index in [0.717, 1.165) is 29.7 Å². The van der Waals surface area contributed by atoms with Crippen molar-refractivity contribution < 1.29 is 0 Å². The minimum atomic E-state index is -0.0111. The normalized spacial score (nSPS) is 12.4. The monoisotopic (exact) mass is 313 g/mol. The standard InChI is InChI=1S/C14H17BrClN/c1-3-9-17(10-4-2)11-14(16)12-5-7-13(15)8-6-12/h3-8,14H,1-2,9-11H2. The second-order valence-electron chi connectivity index (χ2n) is 3.81. The molecule has 0 aromatic heterocycles. The molecule has 1 atom stereocenters. The first-order valence-corrected chi connectivity index (χ1v) is 6.74. The highest BCUT2D eigenvalue weighted by Crippen LogP contribution is 2.23. The maximum atomic E-state index is 6.40. The van der Waals surface area contributed by atoms with E-state index in [9.17, 15) is 0 Å². The molecule has 0 aliphatic rings. The van der Waals surface area contributed by atoms with Gasteiger partial charge in [-0.2, -0.15) is 0 Å². The van der Waals surface area contributed by atoms with E-state index in [1.165, 1.54) is 0 Å². The molecule has 0 N–H and O–H groups in total. The molecule has 1 aromatic rings. The van der Waals surface area contributed by atoms with Crippen LogP contribution in [0.25, 0.3) is 0 Å². The Morgan fingerprint density at radius 1 is 1.18 bits per heavy atom.